The quantitative estimate of drug-likeness (QED) is 0.703. The van der Waals surface area contributed by atoms with E-state index >= 15 is 0 Å². The Bertz CT molecular complexity index is 731. The van der Waals surface area contributed by atoms with E-state index in [0.29, 0.717) is 39.6 Å². The van der Waals surface area contributed by atoms with Gasteiger partial charge in [-0.15, -0.1) is 0 Å². The van der Waals surface area contributed by atoms with Crippen LogP contribution in [0, 0.1) is 0 Å². The van der Waals surface area contributed by atoms with Crippen LogP contribution in [-0.2, 0) is 27.4 Å². The molecule has 0 saturated carbocycles. The Kier molecular flexibility index (Phi) is 6.63. The molecule has 1 atom stereocenters. The van der Waals surface area contributed by atoms with Crippen molar-refractivity contribution in [3.63, 3.8) is 0 Å². The highest BCUT2D eigenvalue weighted by molar-refractivity contribution is 5.85. The van der Waals surface area contributed by atoms with Crippen LogP contribution in [0.3, 0.4) is 0 Å². The molecule has 0 bridgehead atoms. The van der Waals surface area contributed by atoms with Crippen molar-refractivity contribution in [3.8, 4) is 5.75 Å². The second-order valence-corrected chi connectivity index (χ2v) is 6.19. The highest BCUT2D eigenvalue weighted by Gasteiger charge is 2.29. The first-order valence-corrected chi connectivity index (χ1v) is 9.00. The van der Waals surface area contributed by atoms with Crippen molar-refractivity contribution in [1.29, 1.82) is 0 Å². The van der Waals surface area contributed by atoms with Gasteiger partial charge in [0.1, 0.15) is 18.3 Å². The minimum absolute atomic E-state index is 0.00619. The number of hydrogen-bond donors (Lipinski definition) is 1. The molecule has 2 aromatic rings. The number of rotatable bonds is 9. The van der Waals surface area contributed by atoms with E-state index in [4.69, 9.17) is 14.2 Å². The molecule has 1 heterocycles. The Labute approximate surface area is 154 Å². The third kappa shape index (κ3) is 4.84. The van der Waals surface area contributed by atoms with Gasteiger partial charge in [0.15, 0.2) is 0 Å². The van der Waals surface area contributed by atoms with Crippen LogP contribution < -0.4 is 10.1 Å². The predicted molar refractivity (Wildman–Crippen MR) is 99.1 cm³/mol. The second kappa shape index (κ2) is 9.36. The molecular formula is C21H25NO4. The molecule has 0 aromatic heterocycles. The lowest BCUT2D eigenvalue weighted by molar-refractivity contribution is -0.122. The number of benzene rings is 2. The molecule has 26 heavy (non-hydrogen) atoms. The van der Waals surface area contributed by atoms with Gasteiger partial charge >= 0.3 is 0 Å². The minimum atomic E-state index is -0.240. The molecule has 1 aliphatic heterocycles. The third-order valence-corrected chi connectivity index (χ3v) is 4.32. The van der Waals surface area contributed by atoms with Gasteiger partial charge in [0, 0.05) is 18.7 Å². The molecule has 3 rings (SSSR count). The first-order chi connectivity index (χ1) is 12.8. The predicted octanol–water partition coefficient (Wildman–Crippen LogP) is 3.03. The molecule has 5 nitrogen and oxygen atoms in total. The molecule has 0 spiro atoms. The summed E-state index contributed by atoms with van der Waals surface area (Å²) in [5.41, 5.74) is 3.10. The minimum Gasteiger partial charge on any atom is -0.492 e. The lowest BCUT2D eigenvalue weighted by Crippen LogP contribution is -2.29. The number of ether oxygens (including phenoxy) is 3. The van der Waals surface area contributed by atoms with E-state index in [1.165, 1.54) is 0 Å². The molecule has 138 valence electrons. The Morgan fingerprint density at radius 3 is 2.81 bits per heavy atom. The number of amides is 1. The summed E-state index contributed by atoms with van der Waals surface area (Å²) in [6.45, 7) is 5.29. The zero-order chi connectivity index (χ0) is 18.2. The van der Waals surface area contributed by atoms with Crippen LogP contribution in [0.2, 0.25) is 0 Å². The molecule has 0 aliphatic carbocycles. The van der Waals surface area contributed by atoms with Crippen LogP contribution in [-0.4, -0.2) is 32.3 Å². The van der Waals surface area contributed by atoms with Crippen molar-refractivity contribution in [2.75, 3.05) is 26.4 Å². The Hall–Kier alpha value is -2.37. The zero-order valence-corrected chi connectivity index (χ0v) is 15.1. The van der Waals surface area contributed by atoms with Crippen molar-refractivity contribution in [3.05, 3.63) is 65.2 Å². The van der Waals surface area contributed by atoms with Gasteiger partial charge in [-0.05, 0) is 24.1 Å². The number of hydrogen-bond acceptors (Lipinski definition) is 4. The first kappa shape index (κ1) is 18.4. The number of carbonyl (C=O) groups excluding carboxylic acids is 1. The smallest absolute Gasteiger partial charge is 0.231 e. The van der Waals surface area contributed by atoms with Gasteiger partial charge in [0.05, 0.1) is 19.8 Å². The highest BCUT2D eigenvalue weighted by atomic mass is 16.5. The van der Waals surface area contributed by atoms with Gasteiger partial charge in [0.2, 0.25) is 5.91 Å². The topological polar surface area (TPSA) is 56.8 Å². The number of fused-ring (bicyclic) bond motifs is 1. The van der Waals surface area contributed by atoms with Gasteiger partial charge in [-0.2, -0.15) is 0 Å². The second-order valence-electron chi connectivity index (χ2n) is 6.19. The maximum absolute atomic E-state index is 12.5. The molecule has 0 radical (unpaired) electrons. The van der Waals surface area contributed by atoms with Gasteiger partial charge < -0.3 is 19.5 Å². The van der Waals surface area contributed by atoms with Gasteiger partial charge in [-0.1, -0.05) is 42.5 Å². The highest BCUT2D eigenvalue weighted by Crippen LogP contribution is 2.33. The van der Waals surface area contributed by atoms with Crippen molar-refractivity contribution in [2.24, 2.45) is 0 Å². The van der Waals surface area contributed by atoms with Gasteiger partial charge in [-0.25, -0.2) is 0 Å². The summed E-state index contributed by atoms with van der Waals surface area (Å²) >= 11 is 0. The molecule has 1 N–H and O–H groups in total. The van der Waals surface area contributed by atoms with Crippen molar-refractivity contribution < 1.29 is 19.0 Å². The SMILES string of the molecule is CCOCCOCc1cccc(CNC(=O)C2COc3ccccc32)c1. The van der Waals surface area contributed by atoms with Crippen molar-refractivity contribution in [1.82, 2.24) is 5.32 Å². The molecule has 5 heteroatoms. The molecule has 2 aromatic carbocycles. The summed E-state index contributed by atoms with van der Waals surface area (Å²) < 4.78 is 16.4. The van der Waals surface area contributed by atoms with Crippen molar-refractivity contribution >= 4 is 5.91 Å². The van der Waals surface area contributed by atoms with E-state index in [9.17, 15) is 4.79 Å². The number of carbonyl (C=O) groups is 1. The third-order valence-electron chi connectivity index (χ3n) is 4.32. The van der Waals surface area contributed by atoms with Crippen LogP contribution in [0.15, 0.2) is 48.5 Å². The summed E-state index contributed by atoms with van der Waals surface area (Å²) in [5.74, 6) is 0.559. The van der Waals surface area contributed by atoms with Gasteiger partial charge in [-0.3, -0.25) is 4.79 Å². The maximum atomic E-state index is 12.5. The van der Waals surface area contributed by atoms with Crippen LogP contribution in [0.5, 0.6) is 5.75 Å². The molecule has 1 unspecified atom stereocenters. The summed E-state index contributed by atoms with van der Waals surface area (Å²) in [6.07, 6.45) is 0. The fraction of sp³-hybridized carbons (Fsp3) is 0.381. The Morgan fingerprint density at radius 1 is 1.12 bits per heavy atom. The fourth-order valence-electron chi connectivity index (χ4n) is 2.97. The van der Waals surface area contributed by atoms with E-state index < -0.39 is 0 Å². The van der Waals surface area contributed by atoms with E-state index in [0.717, 1.165) is 22.4 Å². The molecule has 1 aliphatic rings. The van der Waals surface area contributed by atoms with Crippen LogP contribution in [0.25, 0.3) is 0 Å². The average molecular weight is 355 g/mol. The fourth-order valence-corrected chi connectivity index (χ4v) is 2.97. The molecule has 1 amide bonds. The first-order valence-electron chi connectivity index (χ1n) is 9.00. The Morgan fingerprint density at radius 2 is 1.92 bits per heavy atom. The van der Waals surface area contributed by atoms with Gasteiger partial charge in [0.25, 0.3) is 0 Å². The van der Waals surface area contributed by atoms with E-state index in [-0.39, 0.29) is 11.8 Å². The van der Waals surface area contributed by atoms with Crippen molar-refractivity contribution in [2.45, 2.75) is 26.0 Å². The molecular weight excluding hydrogens is 330 g/mol. The maximum Gasteiger partial charge on any atom is 0.231 e. The van der Waals surface area contributed by atoms with E-state index in [1.807, 2.05) is 49.4 Å². The number of para-hydroxylation sites is 1. The Balaban J connectivity index is 1.49. The summed E-state index contributed by atoms with van der Waals surface area (Å²) in [7, 11) is 0. The summed E-state index contributed by atoms with van der Waals surface area (Å²) in [6, 6.07) is 15.8. The standard InChI is InChI=1S/C21H25NO4/c1-2-24-10-11-25-14-17-7-5-6-16(12-17)13-22-21(23)19-15-26-20-9-4-3-8-18(19)20/h3-9,12,19H,2,10-11,13-15H2,1H3,(H,22,23). The van der Waals surface area contributed by atoms with Crippen LogP contribution in [0.1, 0.15) is 29.5 Å². The summed E-state index contributed by atoms with van der Waals surface area (Å²) in [5, 5.41) is 3.01. The molecule has 0 saturated heterocycles. The average Bonchev–Trinajstić information content (AvgIpc) is 3.10. The number of nitrogens with one attached hydrogen (secondary N) is 1. The van der Waals surface area contributed by atoms with Crippen LogP contribution >= 0.6 is 0 Å². The van der Waals surface area contributed by atoms with E-state index in [1.54, 1.807) is 0 Å². The summed E-state index contributed by atoms with van der Waals surface area (Å²) in [4.78, 5) is 12.5. The largest absolute Gasteiger partial charge is 0.492 e. The van der Waals surface area contributed by atoms with Crippen LogP contribution in [0.4, 0.5) is 0 Å². The lowest BCUT2D eigenvalue weighted by atomic mass is 10.0. The monoisotopic (exact) mass is 355 g/mol. The molecule has 0 fully saturated rings. The van der Waals surface area contributed by atoms with E-state index in [2.05, 4.69) is 11.4 Å². The normalized spacial score (nSPS) is 15.3. The lowest BCUT2D eigenvalue weighted by Gasteiger charge is -2.11. The zero-order valence-electron chi connectivity index (χ0n) is 15.1.